The molecule has 0 amide bonds. The Morgan fingerprint density at radius 2 is 2.08 bits per heavy atom. The summed E-state index contributed by atoms with van der Waals surface area (Å²) in [7, 11) is 4.20. The van der Waals surface area contributed by atoms with E-state index in [1.165, 1.54) is 12.8 Å². The van der Waals surface area contributed by atoms with Gasteiger partial charge >= 0.3 is 0 Å². The van der Waals surface area contributed by atoms with Gasteiger partial charge in [0.2, 0.25) is 0 Å². The van der Waals surface area contributed by atoms with Gasteiger partial charge in [0.15, 0.2) is 5.82 Å². The number of hydrogen-bond donors (Lipinski definition) is 3. The van der Waals surface area contributed by atoms with Gasteiger partial charge < -0.3 is 15.5 Å². The molecule has 0 unspecified atom stereocenters. The first-order valence-corrected chi connectivity index (χ1v) is 9.09. The first kappa shape index (κ1) is 17.9. The first-order chi connectivity index (χ1) is 12.0. The average molecular weight is 346 g/mol. The van der Waals surface area contributed by atoms with E-state index in [1.54, 1.807) is 0 Å². The fourth-order valence-electron chi connectivity index (χ4n) is 3.04. The largest absolute Gasteiger partial charge is 0.387 e. The van der Waals surface area contributed by atoms with Gasteiger partial charge in [0, 0.05) is 56.9 Å². The lowest BCUT2D eigenvalue weighted by Crippen LogP contribution is -2.50. The molecule has 8 nitrogen and oxygen atoms in total. The van der Waals surface area contributed by atoms with Gasteiger partial charge in [-0.1, -0.05) is 0 Å². The summed E-state index contributed by atoms with van der Waals surface area (Å²) in [5.74, 6) is 2.25. The molecule has 1 saturated heterocycles. The third-order valence-electron chi connectivity index (χ3n) is 4.83. The number of aromatic nitrogens is 2. The molecule has 2 aliphatic rings. The van der Waals surface area contributed by atoms with E-state index < -0.39 is 0 Å². The zero-order valence-corrected chi connectivity index (χ0v) is 15.3. The van der Waals surface area contributed by atoms with E-state index in [4.69, 9.17) is 11.1 Å². The molecule has 0 spiro atoms. The molecule has 8 heteroatoms. The second kappa shape index (κ2) is 7.97. The summed E-state index contributed by atoms with van der Waals surface area (Å²) < 4.78 is 0. The molecule has 4 N–H and O–H groups in total. The van der Waals surface area contributed by atoms with E-state index in [9.17, 15) is 0 Å². The van der Waals surface area contributed by atoms with Crippen molar-refractivity contribution in [1.82, 2.24) is 24.9 Å². The van der Waals surface area contributed by atoms with Crippen LogP contribution in [0.25, 0.3) is 0 Å². The van der Waals surface area contributed by atoms with Gasteiger partial charge in [-0.25, -0.2) is 4.99 Å². The zero-order chi connectivity index (χ0) is 17.8. The summed E-state index contributed by atoms with van der Waals surface area (Å²) in [6, 6.07) is 1.97. The minimum absolute atomic E-state index is 0.378. The fourth-order valence-corrected chi connectivity index (χ4v) is 3.04. The molecular formula is C17H30N8. The minimum atomic E-state index is 0.378. The van der Waals surface area contributed by atoms with E-state index >= 15 is 0 Å². The smallest absolute Gasteiger partial charge is 0.175 e. The molecule has 2 heterocycles. The highest BCUT2D eigenvalue weighted by Crippen LogP contribution is 2.39. The number of nitrogens with one attached hydrogen (secondary N) is 2. The minimum Gasteiger partial charge on any atom is -0.387 e. The number of aliphatic imine (C=N–C) groups is 1. The molecule has 1 aliphatic carbocycles. The van der Waals surface area contributed by atoms with Crippen LogP contribution in [0.15, 0.2) is 11.1 Å². The number of aromatic amines is 1. The van der Waals surface area contributed by atoms with Crippen molar-refractivity contribution in [1.29, 1.82) is 5.41 Å². The van der Waals surface area contributed by atoms with Crippen LogP contribution in [0.1, 0.15) is 30.9 Å². The van der Waals surface area contributed by atoms with Crippen LogP contribution < -0.4 is 5.73 Å². The van der Waals surface area contributed by atoms with Gasteiger partial charge in [-0.2, -0.15) is 5.10 Å². The van der Waals surface area contributed by atoms with Crippen LogP contribution in [0.5, 0.6) is 0 Å². The maximum Gasteiger partial charge on any atom is 0.175 e. The number of likely N-dealkylation sites (N-methyl/N-ethyl adjacent to an activating group) is 1. The van der Waals surface area contributed by atoms with E-state index in [2.05, 4.69) is 44.0 Å². The first-order valence-electron chi connectivity index (χ1n) is 9.09. The molecule has 2 fully saturated rings. The Bertz CT molecular complexity index is 608. The van der Waals surface area contributed by atoms with Crippen LogP contribution in [0.2, 0.25) is 0 Å². The summed E-state index contributed by atoms with van der Waals surface area (Å²) in [5, 5.41) is 15.5. The van der Waals surface area contributed by atoms with Crippen molar-refractivity contribution in [2.75, 3.05) is 53.4 Å². The second-order valence-corrected chi connectivity index (χ2v) is 7.31. The topological polar surface area (TPSA) is 101 Å². The number of nitrogens with zero attached hydrogens (tertiary/aromatic N) is 5. The summed E-state index contributed by atoms with van der Waals surface area (Å²) in [5.41, 5.74) is 7.18. The third kappa shape index (κ3) is 5.27. The summed E-state index contributed by atoms with van der Waals surface area (Å²) in [4.78, 5) is 11.1. The maximum absolute atomic E-state index is 8.31. The average Bonchev–Trinajstić information content (AvgIpc) is 3.33. The van der Waals surface area contributed by atoms with Gasteiger partial charge in [0.25, 0.3) is 0 Å². The van der Waals surface area contributed by atoms with E-state index in [-0.39, 0.29) is 0 Å². The summed E-state index contributed by atoms with van der Waals surface area (Å²) in [6.45, 7) is 5.92. The molecule has 0 bridgehead atoms. The van der Waals surface area contributed by atoms with Crippen molar-refractivity contribution < 1.29 is 0 Å². The summed E-state index contributed by atoms with van der Waals surface area (Å²) >= 11 is 0. The highest BCUT2D eigenvalue weighted by atomic mass is 15.3. The lowest BCUT2D eigenvalue weighted by molar-refractivity contribution is 0.168. The van der Waals surface area contributed by atoms with Crippen LogP contribution in [-0.4, -0.2) is 89.9 Å². The highest BCUT2D eigenvalue weighted by Gasteiger charge is 2.25. The Kier molecular flexibility index (Phi) is 5.70. The van der Waals surface area contributed by atoms with Gasteiger partial charge in [0.1, 0.15) is 11.7 Å². The fraction of sp³-hybridized carbons (Fsp3) is 0.706. The van der Waals surface area contributed by atoms with Gasteiger partial charge in [0.05, 0.1) is 6.42 Å². The molecule has 25 heavy (non-hydrogen) atoms. The van der Waals surface area contributed by atoms with E-state index in [0.717, 1.165) is 45.0 Å². The maximum atomic E-state index is 8.31. The van der Waals surface area contributed by atoms with E-state index in [0.29, 0.717) is 29.8 Å². The van der Waals surface area contributed by atoms with Crippen LogP contribution in [-0.2, 0) is 0 Å². The number of nitrogens with two attached hydrogens (primary N) is 1. The Balaban J connectivity index is 1.44. The lowest BCUT2D eigenvalue weighted by atomic mass is 10.2. The van der Waals surface area contributed by atoms with Crippen LogP contribution >= 0.6 is 0 Å². The molecule has 0 radical (unpaired) electrons. The van der Waals surface area contributed by atoms with Gasteiger partial charge in [-0.15, -0.1) is 0 Å². The Morgan fingerprint density at radius 3 is 2.72 bits per heavy atom. The highest BCUT2D eigenvalue weighted by molar-refractivity contribution is 6.01. The zero-order valence-electron chi connectivity index (χ0n) is 15.3. The number of hydrogen-bond acceptors (Lipinski definition) is 5. The van der Waals surface area contributed by atoms with Crippen molar-refractivity contribution >= 4 is 17.5 Å². The van der Waals surface area contributed by atoms with Crippen molar-refractivity contribution in [3.8, 4) is 0 Å². The normalized spacial score (nSPS) is 19.6. The molecule has 1 aliphatic heterocycles. The number of piperazine rings is 1. The van der Waals surface area contributed by atoms with Crippen molar-refractivity contribution in [2.45, 2.75) is 25.2 Å². The molecular weight excluding hydrogens is 316 g/mol. The quantitative estimate of drug-likeness (QED) is 0.501. The van der Waals surface area contributed by atoms with Crippen LogP contribution in [0.3, 0.4) is 0 Å². The SMILES string of the molecule is CN(C)CCN1CCN(C(=N)CC(N)=Nc2cc(C3CC3)[nH]n2)CC1. The number of amidine groups is 2. The summed E-state index contributed by atoms with van der Waals surface area (Å²) in [6.07, 6.45) is 2.83. The molecule has 1 aromatic rings. The third-order valence-corrected chi connectivity index (χ3v) is 4.83. The second-order valence-electron chi connectivity index (χ2n) is 7.31. The number of rotatable bonds is 7. The Morgan fingerprint density at radius 1 is 1.36 bits per heavy atom. The Hall–Kier alpha value is -1.93. The van der Waals surface area contributed by atoms with Crippen LogP contribution in [0.4, 0.5) is 5.82 Å². The van der Waals surface area contributed by atoms with Crippen molar-refractivity contribution in [3.05, 3.63) is 11.8 Å². The lowest BCUT2D eigenvalue weighted by Gasteiger charge is -2.36. The molecule has 1 aromatic heterocycles. The molecule has 0 atom stereocenters. The van der Waals surface area contributed by atoms with Gasteiger partial charge in [-0.3, -0.25) is 15.4 Å². The standard InChI is InChI=1S/C17H30N8/c1-23(2)5-6-24-7-9-25(10-8-24)16(19)12-15(18)20-17-11-14(21-22-17)13-3-4-13/h11,13,19H,3-10,12H2,1-2H3,(H3,18,20,21,22). The monoisotopic (exact) mass is 346 g/mol. The molecule has 0 aromatic carbocycles. The number of H-pyrrole nitrogens is 1. The Labute approximate surface area is 149 Å². The predicted molar refractivity (Wildman–Crippen MR) is 101 cm³/mol. The molecule has 3 rings (SSSR count). The molecule has 1 saturated carbocycles. The van der Waals surface area contributed by atoms with Gasteiger partial charge in [-0.05, 0) is 26.9 Å². The predicted octanol–water partition coefficient (Wildman–Crippen LogP) is 0.822. The van der Waals surface area contributed by atoms with Crippen LogP contribution in [0, 0.1) is 5.41 Å². The van der Waals surface area contributed by atoms with Crippen molar-refractivity contribution in [3.63, 3.8) is 0 Å². The van der Waals surface area contributed by atoms with Crippen molar-refractivity contribution in [2.24, 2.45) is 10.7 Å². The van der Waals surface area contributed by atoms with E-state index in [1.807, 2.05) is 6.07 Å². The molecule has 138 valence electrons.